The smallest absolute Gasteiger partial charge is 0.346 e. The van der Waals surface area contributed by atoms with Gasteiger partial charge in [-0.1, -0.05) is 28.1 Å². The minimum absolute atomic E-state index is 0.00278. The lowest BCUT2D eigenvalue weighted by Gasteiger charge is -2.24. The second-order valence-corrected chi connectivity index (χ2v) is 8.30. The Hall–Kier alpha value is -2.58. The molecule has 4 rings (SSSR count). The number of thiophene rings is 1. The number of hydrogen-bond acceptors (Lipinski definition) is 3. The van der Waals surface area contributed by atoms with Crippen LogP contribution in [0, 0.1) is 11.6 Å². The third-order valence-electron chi connectivity index (χ3n) is 4.57. The van der Waals surface area contributed by atoms with Crippen molar-refractivity contribution in [3.8, 4) is 11.1 Å². The lowest BCUT2D eigenvalue weighted by molar-refractivity contribution is -0.116. The van der Waals surface area contributed by atoms with Crippen LogP contribution in [-0.4, -0.2) is 17.0 Å². The Morgan fingerprint density at radius 3 is 2.57 bits per heavy atom. The van der Waals surface area contributed by atoms with Crippen LogP contribution in [0.3, 0.4) is 0 Å². The second-order valence-electron chi connectivity index (χ2n) is 6.33. The number of hydrogen-bond donors (Lipinski definition) is 2. The predicted octanol–water partition coefficient (Wildman–Crippen LogP) is 5.63. The minimum atomic E-state index is -1.17. The highest BCUT2D eigenvalue weighted by molar-refractivity contribution is 9.10. The Kier molecular flexibility index (Phi) is 4.76. The van der Waals surface area contributed by atoms with Crippen LogP contribution >= 0.6 is 27.3 Å². The van der Waals surface area contributed by atoms with Crippen molar-refractivity contribution >= 4 is 44.8 Å². The molecule has 2 heterocycles. The average molecular weight is 464 g/mol. The van der Waals surface area contributed by atoms with Gasteiger partial charge < -0.3 is 10.4 Å². The molecule has 28 heavy (non-hydrogen) atoms. The first-order chi connectivity index (χ1) is 13.3. The Labute approximate surface area is 171 Å². The van der Waals surface area contributed by atoms with Crippen LogP contribution in [-0.2, 0) is 4.79 Å². The van der Waals surface area contributed by atoms with E-state index in [4.69, 9.17) is 0 Å². The van der Waals surface area contributed by atoms with E-state index in [-0.39, 0.29) is 17.2 Å². The van der Waals surface area contributed by atoms with Gasteiger partial charge in [0.15, 0.2) is 0 Å². The second kappa shape index (κ2) is 7.10. The Morgan fingerprint density at radius 1 is 1.18 bits per heavy atom. The summed E-state index contributed by atoms with van der Waals surface area (Å²) in [5, 5.41) is 12.4. The van der Waals surface area contributed by atoms with Crippen LogP contribution in [0.15, 0.2) is 46.9 Å². The zero-order valence-corrected chi connectivity index (χ0v) is 16.5. The Balaban J connectivity index is 1.96. The fraction of sp³-hybridized carbons (Fsp3) is 0.100. The van der Waals surface area contributed by atoms with Gasteiger partial charge in [0.1, 0.15) is 16.5 Å². The van der Waals surface area contributed by atoms with E-state index in [1.807, 2.05) is 0 Å². The number of rotatable bonds is 3. The highest BCUT2D eigenvalue weighted by atomic mass is 79.9. The predicted molar refractivity (Wildman–Crippen MR) is 106 cm³/mol. The summed E-state index contributed by atoms with van der Waals surface area (Å²) in [5.41, 5.74) is 1.43. The van der Waals surface area contributed by atoms with Gasteiger partial charge in [-0.2, -0.15) is 0 Å². The normalized spacial score (nSPS) is 15.8. The van der Waals surface area contributed by atoms with Gasteiger partial charge in [-0.25, -0.2) is 13.6 Å². The number of carboxylic acids is 1. The first kappa shape index (κ1) is 18.8. The molecular weight excluding hydrogens is 452 g/mol. The molecule has 3 aromatic rings. The molecular formula is C20H12BrF2NO3S. The topological polar surface area (TPSA) is 66.4 Å². The van der Waals surface area contributed by atoms with E-state index < -0.39 is 23.5 Å². The number of carbonyl (C=O) groups is 2. The van der Waals surface area contributed by atoms with Crippen LogP contribution in [0.4, 0.5) is 14.5 Å². The first-order valence-corrected chi connectivity index (χ1v) is 9.87. The Morgan fingerprint density at radius 2 is 1.89 bits per heavy atom. The van der Waals surface area contributed by atoms with Crippen LogP contribution in [0.1, 0.15) is 32.5 Å². The molecule has 1 aliphatic heterocycles. The quantitative estimate of drug-likeness (QED) is 0.528. The maximum atomic E-state index is 14.5. The molecule has 1 aromatic heterocycles. The van der Waals surface area contributed by atoms with Crippen LogP contribution in [0.25, 0.3) is 11.1 Å². The first-order valence-electron chi connectivity index (χ1n) is 8.26. The molecule has 0 radical (unpaired) electrons. The molecule has 1 aliphatic rings. The molecule has 1 atom stereocenters. The fourth-order valence-electron chi connectivity index (χ4n) is 3.36. The highest BCUT2D eigenvalue weighted by Crippen LogP contribution is 2.50. The molecule has 0 saturated carbocycles. The number of carboxylic acid groups (broad SMARTS) is 1. The fourth-order valence-corrected chi connectivity index (χ4v) is 4.98. The van der Waals surface area contributed by atoms with Gasteiger partial charge in [0, 0.05) is 27.3 Å². The molecule has 2 aromatic carbocycles. The van der Waals surface area contributed by atoms with Crippen molar-refractivity contribution in [2.45, 2.75) is 12.3 Å². The van der Waals surface area contributed by atoms with Crippen molar-refractivity contribution < 1.29 is 23.5 Å². The maximum absolute atomic E-state index is 14.5. The van der Waals surface area contributed by atoms with Crippen molar-refractivity contribution in [3.63, 3.8) is 0 Å². The number of amides is 1. The van der Waals surface area contributed by atoms with Crippen molar-refractivity contribution in [1.29, 1.82) is 0 Å². The van der Waals surface area contributed by atoms with Gasteiger partial charge in [-0.05, 0) is 41.5 Å². The minimum Gasteiger partial charge on any atom is -0.477 e. The van der Waals surface area contributed by atoms with E-state index in [0.29, 0.717) is 31.7 Å². The van der Waals surface area contributed by atoms with Gasteiger partial charge in [0.25, 0.3) is 0 Å². The number of nitrogens with one attached hydrogen (secondary N) is 1. The van der Waals surface area contributed by atoms with E-state index in [1.165, 1.54) is 30.3 Å². The SMILES string of the molecule is O=C1CC(c2cc(Br)ccc2F)c2sc(C(=O)O)c(-c3ccc(F)cc3)c2N1. The summed E-state index contributed by atoms with van der Waals surface area (Å²) in [4.78, 5) is 24.8. The summed E-state index contributed by atoms with van der Waals surface area (Å²) in [6, 6.07) is 9.82. The summed E-state index contributed by atoms with van der Waals surface area (Å²) >= 11 is 4.31. The average Bonchev–Trinajstić information content (AvgIpc) is 3.03. The van der Waals surface area contributed by atoms with E-state index in [9.17, 15) is 23.5 Å². The molecule has 0 aliphatic carbocycles. The molecule has 1 unspecified atom stereocenters. The number of benzene rings is 2. The van der Waals surface area contributed by atoms with E-state index >= 15 is 0 Å². The molecule has 1 amide bonds. The van der Waals surface area contributed by atoms with Gasteiger partial charge in [-0.15, -0.1) is 11.3 Å². The van der Waals surface area contributed by atoms with Gasteiger partial charge in [0.05, 0.1) is 5.69 Å². The van der Waals surface area contributed by atoms with Crippen molar-refractivity contribution in [3.05, 3.63) is 73.9 Å². The van der Waals surface area contributed by atoms with Gasteiger partial charge in [0.2, 0.25) is 5.91 Å². The van der Waals surface area contributed by atoms with E-state index in [1.54, 1.807) is 12.1 Å². The molecule has 0 saturated heterocycles. The lowest BCUT2D eigenvalue weighted by Crippen LogP contribution is -2.23. The largest absolute Gasteiger partial charge is 0.477 e. The summed E-state index contributed by atoms with van der Waals surface area (Å²) in [6.45, 7) is 0. The standard InChI is InChI=1S/C20H12BrF2NO3S/c21-10-3-6-14(23)12(7-10)13-8-15(25)24-17-16(9-1-4-11(22)5-2-9)19(20(26)27)28-18(13)17/h1-7,13H,8H2,(H,24,25)(H,26,27). The molecule has 8 heteroatoms. The number of carbonyl (C=O) groups excluding carboxylic acids is 1. The van der Waals surface area contributed by atoms with E-state index in [2.05, 4.69) is 21.2 Å². The number of fused-ring (bicyclic) bond motifs is 1. The third-order valence-corrected chi connectivity index (χ3v) is 6.35. The number of aromatic carboxylic acids is 1. The number of halogens is 3. The maximum Gasteiger partial charge on any atom is 0.346 e. The number of anilines is 1. The third kappa shape index (κ3) is 3.22. The summed E-state index contributed by atoms with van der Waals surface area (Å²) in [6.07, 6.45) is 0.00278. The summed E-state index contributed by atoms with van der Waals surface area (Å²) in [7, 11) is 0. The zero-order valence-electron chi connectivity index (χ0n) is 14.1. The molecule has 0 fully saturated rings. The summed E-state index contributed by atoms with van der Waals surface area (Å²) < 4.78 is 28.5. The van der Waals surface area contributed by atoms with E-state index in [0.717, 1.165) is 11.3 Å². The molecule has 2 N–H and O–H groups in total. The molecule has 0 spiro atoms. The van der Waals surface area contributed by atoms with Crippen LogP contribution in [0.5, 0.6) is 0 Å². The molecule has 0 bridgehead atoms. The molecule has 4 nitrogen and oxygen atoms in total. The summed E-state index contributed by atoms with van der Waals surface area (Å²) in [5.74, 6) is -3.04. The van der Waals surface area contributed by atoms with Crippen molar-refractivity contribution in [1.82, 2.24) is 0 Å². The highest BCUT2D eigenvalue weighted by Gasteiger charge is 2.35. The molecule has 142 valence electrons. The zero-order chi connectivity index (χ0) is 20.0. The van der Waals surface area contributed by atoms with Crippen LogP contribution in [0.2, 0.25) is 0 Å². The van der Waals surface area contributed by atoms with Crippen molar-refractivity contribution in [2.75, 3.05) is 5.32 Å². The monoisotopic (exact) mass is 463 g/mol. The van der Waals surface area contributed by atoms with Crippen molar-refractivity contribution in [2.24, 2.45) is 0 Å². The van der Waals surface area contributed by atoms with Crippen LogP contribution < -0.4 is 5.32 Å². The lowest BCUT2D eigenvalue weighted by atomic mass is 9.88. The van der Waals surface area contributed by atoms with Gasteiger partial charge in [-0.3, -0.25) is 4.79 Å². The Bertz CT molecular complexity index is 1110. The van der Waals surface area contributed by atoms with Gasteiger partial charge >= 0.3 is 5.97 Å².